The van der Waals surface area contributed by atoms with Crippen molar-refractivity contribution in [3.8, 4) is 0 Å². The van der Waals surface area contributed by atoms with E-state index in [2.05, 4.69) is 6.92 Å². The van der Waals surface area contributed by atoms with E-state index in [0.29, 0.717) is 5.78 Å². The second kappa shape index (κ2) is 4.54. The van der Waals surface area contributed by atoms with Crippen LogP contribution in [0.3, 0.4) is 0 Å². The summed E-state index contributed by atoms with van der Waals surface area (Å²) in [6, 6.07) is 0. The van der Waals surface area contributed by atoms with Crippen molar-refractivity contribution in [3.63, 3.8) is 0 Å². The van der Waals surface area contributed by atoms with E-state index in [9.17, 15) is 4.79 Å². The predicted octanol–water partition coefficient (Wildman–Crippen LogP) is 2.22. The SMILES string of the molecule is [CH2]CCCC(C)C(C)=O. The molecule has 0 saturated heterocycles. The highest BCUT2D eigenvalue weighted by molar-refractivity contribution is 5.77. The van der Waals surface area contributed by atoms with Crippen LogP contribution in [0.2, 0.25) is 0 Å². The third-order valence-corrected chi connectivity index (χ3v) is 1.58. The van der Waals surface area contributed by atoms with Gasteiger partial charge in [0.2, 0.25) is 0 Å². The normalized spacial score (nSPS) is 13.2. The van der Waals surface area contributed by atoms with E-state index in [-0.39, 0.29) is 5.92 Å². The summed E-state index contributed by atoms with van der Waals surface area (Å²) in [5.41, 5.74) is 0. The molecule has 0 bridgehead atoms. The monoisotopic (exact) mass is 127 g/mol. The van der Waals surface area contributed by atoms with Crippen LogP contribution in [0.15, 0.2) is 0 Å². The average molecular weight is 127 g/mol. The molecule has 1 heteroatoms. The van der Waals surface area contributed by atoms with Crippen LogP contribution in [0.25, 0.3) is 0 Å². The van der Waals surface area contributed by atoms with Gasteiger partial charge in [-0.05, 0) is 13.3 Å². The number of unbranched alkanes of at least 4 members (excludes halogenated alkanes) is 1. The third-order valence-electron chi connectivity index (χ3n) is 1.58. The Labute approximate surface area is 57.5 Å². The fourth-order valence-corrected chi connectivity index (χ4v) is 0.654. The van der Waals surface area contributed by atoms with E-state index in [4.69, 9.17) is 0 Å². The second-order valence-electron chi connectivity index (χ2n) is 2.51. The van der Waals surface area contributed by atoms with Crippen LogP contribution in [0.4, 0.5) is 0 Å². The Morgan fingerprint density at radius 2 is 2.22 bits per heavy atom. The molecule has 0 aromatic carbocycles. The third kappa shape index (κ3) is 4.19. The van der Waals surface area contributed by atoms with Crippen LogP contribution in [0.5, 0.6) is 0 Å². The highest BCUT2D eigenvalue weighted by Crippen LogP contribution is 2.07. The van der Waals surface area contributed by atoms with Gasteiger partial charge in [-0.3, -0.25) is 4.79 Å². The van der Waals surface area contributed by atoms with Crippen molar-refractivity contribution in [1.82, 2.24) is 0 Å². The van der Waals surface area contributed by atoms with Gasteiger partial charge in [0.05, 0.1) is 0 Å². The number of carbonyl (C=O) groups excluding carboxylic acids is 1. The highest BCUT2D eigenvalue weighted by Gasteiger charge is 2.04. The first kappa shape index (κ1) is 8.67. The number of rotatable bonds is 4. The van der Waals surface area contributed by atoms with Crippen molar-refractivity contribution >= 4 is 5.78 Å². The minimum Gasteiger partial charge on any atom is -0.300 e. The van der Waals surface area contributed by atoms with Crippen LogP contribution < -0.4 is 0 Å². The molecule has 1 atom stereocenters. The van der Waals surface area contributed by atoms with Gasteiger partial charge in [0.15, 0.2) is 0 Å². The van der Waals surface area contributed by atoms with Crippen LogP contribution >= 0.6 is 0 Å². The van der Waals surface area contributed by atoms with E-state index in [1.807, 2.05) is 6.92 Å². The Bertz CT molecular complexity index is 86.6. The summed E-state index contributed by atoms with van der Waals surface area (Å²) < 4.78 is 0. The minimum atomic E-state index is 0.242. The molecule has 0 aromatic rings. The number of Topliss-reactive ketones (excluding diaryl/α,β-unsaturated/α-hetero) is 1. The zero-order valence-electron chi connectivity index (χ0n) is 6.31. The molecule has 1 nitrogen and oxygen atoms in total. The molecule has 9 heavy (non-hydrogen) atoms. The van der Waals surface area contributed by atoms with Crippen LogP contribution in [0.1, 0.15) is 33.1 Å². The lowest BCUT2D eigenvalue weighted by atomic mass is 10.0. The Balaban J connectivity index is 3.27. The molecule has 0 aliphatic rings. The summed E-state index contributed by atoms with van der Waals surface area (Å²) in [5.74, 6) is 0.537. The number of hydrogen-bond acceptors (Lipinski definition) is 1. The number of ketones is 1. The summed E-state index contributed by atoms with van der Waals surface area (Å²) in [6.45, 7) is 7.32. The van der Waals surface area contributed by atoms with Crippen molar-refractivity contribution < 1.29 is 4.79 Å². The van der Waals surface area contributed by atoms with Gasteiger partial charge < -0.3 is 0 Å². The molecule has 1 unspecified atom stereocenters. The maximum atomic E-state index is 10.6. The van der Waals surface area contributed by atoms with Crippen molar-refractivity contribution in [2.45, 2.75) is 33.1 Å². The summed E-state index contributed by atoms with van der Waals surface area (Å²) in [6.07, 6.45) is 3.01. The molecule has 0 heterocycles. The summed E-state index contributed by atoms with van der Waals surface area (Å²) in [7, 11) is 0. The quantitative estimate of drug-likeness (QED) is 0.566. The number of hydrogen-bond donors (Lipinski definition) is 0. The van der Waals surface area contributed by atoms with E-state index in [1.54, 1.807) is 6.92 Å². The van der Waals surface area contributed by atoms with Gasteiger partial charge in [-0.15, -0.1) is 0 Å². The molecule has 0 fully saturated rings. The maximum Gasteiger partial charge on any atom is 0.132 e. The van der Waals surface area contributed by atoms with E-state index in [0.717, 1.165) is 19.3 Å². The fraction of sp³-hybridized carbons (Fsp3) is 0.750. The van der Waals surface area contributed by atoms with Gasteiger partial charge in [-0.2, -0.15) is 0 Å². The molecule has 1 radical (unpaired) electrons. The lowest BCUT2D eigenvalue weighted by molar-refractivity contribution is -0.120. The van der Waals surface area contributed by atoms with Gasteiger partial charge in [0.25, 0.3) is 0 Å². The van der Waals surface area contributed by atoms with Crippen LogP contribution in [0, 0.1) is 12.8 Å². The highest BCUT2D eigenvalue weighted by atomic mass is 16.1. The number of carbonyl (C=O) groups is 1. The largest absolute Gasteiger partial charge is 0.300 e. The van der Waals surface area contributed by atoms with E-state index < -0.39 is 0 Å². The molecular weight excluding hydrogens is 112 g/mol. The van der Waals surface area contributed by atoms with Crippen molar-refractivity contribution in [3.05, 3.63) is 6.92 Å². The molecule has 0 amide bonds. The predicted molar refractivity (Wildman–Crippen MR) is 39.1 cm³/mol. The molecule has 0 rings (SSSR count). The van der Waals surface area contributed by atoms with Crippen LogP contribution in [-0.2, 0) is 4.79 Å². The molecule has 0 aliphatic carbocycles. The lowest BCUT2D eigenvalue weighted by Crippen LogP contribution is -2.05. The zero-order chi connectivity index (χ0) is 7.28. The smallest absolute Gasteiger partial charge is 0.132 e. The molecule has 0 aliphatic heterocycles. The maximum absolute atomic E-state index is 10.6. The van der Waals surface area contributed by atoms with E-state index >= 15 is 0 Å². The summed E-state index contributed by atoms with van der Waals surface area (Å²) in [5, 5.41) is 0. The van der Waals surface area contributed by atoms with Gasteiger partial charge in [-0.1, -0.05) is 26.7 Å². The lowest BCUT2D eigenvalue weighted by Gasteiger charge is -2.03. The Morgan fingerprint density at radius 3 is 2.56 bits per heavy atom. The van der Waals surface area contributed by atoms with Crippen molar-refractivity contribution in [1.29, 1.82) is 0 Å². The van der Waals surface area contributed by atoms with Gasteiger partial charge >= 0.3 is 0 Å². The molecule has 0 N–H and O–H groups in total. The van der Waals surface area contributed by atoms with Gasteiger partial charge in [-0.25, -0.2) is 0 Å². The van der Waals surface area contributed by atoms with Crippen LogP contribution in [-0.4, -0.2) is 5.78 Å². The average Bonchev–Trinajstić information content (AvgIpc) is 1.82. The fourth-order valence-electron chi connectivity index (χ4n) is 0.654. The zero-order valence-corrected chi connectivity index (χ0v) is 6.31. The Hall–Kier alpha value is -0.330. The Morgan fingerprint density at radius 1 is 1.67 bits per heavy atom. The van der Waals surface area contributed by atoms with E-state index in [1.165, 1.54) is 0 Å². The molecule has 53 valence electrons. The molecular formula is C8H15O. The van der Waals surface area contributed by atoms with Gasteiger partial charge in [0, 0.05) is 5.92 Å². The van der Waals surface area contributed by atoms with Crippen molar-refractivity contribution in [2.75, 3.05) is 0 Å². The molecule has 0 aromatic heterocycles. The van der Waals surface area contributed by atoms with Crippen molar-refractivity contribution in [2.24, 2.45) is 5.92 Å². The topological polar surface area (TPSA) is 17.1 Å². The molecule has 0 spiro atoms. The first-order valence-electron chi connectivity index (χ1n) is 3.48. The Kier molecular flexibility index (Phi) is 4.37. The summed E-state index contributed by atoms with van der Waals surface area (Å²) >= 11 is 0. The van der Waals surface area contributed by atoms with Gasteiger partial charge in [0.1, 0.15) is 5.78 Å². The second-order valence-corrected chi connectivity index (χ2v) is 2.51. The first-order valence-corrected chi connectivity index (χ1v) is 3.48. The summed E-state index contributed by atoms with van der Waals surface area (Å²) in [4.78, 5) is 10.6. The molecule has 0 saturated carbocycles. The first-order chi connectivity index (χ1) is 4.18. The standard InChI is InChI=1S/C8H15O/c1-4-5-6-7(2)8(3)9/h7H,1,4-6H2,2-3H3. The minimum absolute atomic E-state index is 0.242.